The van der Waals surface area contributed by atoms with Crippen LogP contribution in [0.5, 0.6) is 0 Å². The summed E-state index contributed by atoms with van der Waals surface area (Å²) in [5.41, 5.74) is 11.0. The van der Waals surface area contributed by atoms with Gasteiger partial charge in [-0.1, -0.05) is 0 Å². The van der Waals surface area contributed by atoms with Gasteiger partial charge in [0.2, 0.25) is 5.95 Å². The van der Waals surface area contributed by atoms with E-state index in [1.54, 1.807) is 0 Å². The van der Waals surface area contributed by atoms with Gasteiger partial charge in [0.25, 0.3) is 0 Å². The zero-order chi connectivity index (χ0) is 11.7. The molecule has 4 nitrogen and oxygen atoms in total. The number of anilines is 2. The van der Waals surface area contributed by atoms with Crippen molar-refractivity contribution < 1.29 is 8.78 Å². The molecule has 1 heterocycles. The summed E-state index contributed by atoms with van der Waals surface area (Å²) in [6.45, 7) is 0. The zero-order valence-electron chi connectivity index (χ0n) is 8.11. The van der Waals surface area contributed by atoms with Gasteiger partial charge in [0.05, 0.1) is 0 Å². The Morgan fingerprint density at radius 2 is 1.56 bits per heavy atom. The van der Waals surface area contributed by atoms with Crippen molar-refractivity contribution in [2.75, 3.05) is 11.5 Å². The smallest absolute Gasteiger partial charge is 0.222 e. The van der Waals surface area contributed by atoms with Crippen LogP contribution >= 0.6 is 0 Å². The van der Waals surface area contributed by atoms with E-state index in [-0.39, 0.29) is 17.5 Å². The lowest BCUT2D eigenvalue weighted by molar-refractivity contribution is 0.622. The van der Waals surface area contributed by atoms with Crippen LogP contribution in [0.25, 0.3) is 11.3 Å². The number of nitrogens with two attached hydrogens (primary N) is 2. The van der Waals surface area contributed by atoms with Crippen molar-refractivity contribution >= 4 is 11.8 Å². The highest BCUT2D eigenvalue weighted by Crippen LogP contribution is 2.24. The fourth-order valence-corrected chi connectivity index (χ4v) is 1.28. The number of halogens is 2. The molecule has 1 aromatic carbocycles. The molecule has 82 valence electrons. The van der Waals surface area contributed by atoms with Gasteiger partial charge in [-0.25, -0.2) is 13.8 Å². The number of nitrogen functional groups attached to an aromatic ring is 2. The molecular formula is C10H8F2N4. The average molecular weight is 222 g/mol. The van der Waals surface area contributed by atoms with Gasteiger partial charge in [-0.2, -0.15) is 4.98 Å². The van der Waals surface area contributed by atoms with E-state index in [0.29, 0.717) is 5.56 Å². The van der Waals surface area contributed by atoms with Gasteiger partial charge < -0.3 is 11.5 Å². The van der Waals surface area contributed by atoms with Crippen LogP contribution in [0.2, 0.25) is 0 Å². The maximum atomic E-state index is 13.6. The van der Waals surface area contributed by atoms with E-state index < -0.39 is 11.6 Å². The quantitative estimate of drug-likeness (QED) is 0.767. The Kier molecular flexibility index (Phi) is 2.40. The normalized spacial score (nSPS) is 10.4. The highest BCUT2D eigenvalue weighted by Gasteiger charge is 2.12. The number of aromatic nitrogens is 2. The molecule has 0 aliphatic rings. The average Bonchev–Trinajstić information content (AvgIpc) is 2.25. The summed E-state index contributed by atoms with van der Waals surface area (Å²) in [7, 11) is 0. The van der Waals surface area contributed by atoms with Crippen molar-refractivity contribution in [1.82, 2.24) is 9.97 Å². The lowest BCUT2D eigenvalue weighted by Gasteiger charge is -2.05. The Morgan fingerprint density at radius 1 is 0.938 bits per heavy atom. The first-order valence-electron chi connectivity index (χ1n) is 4.42. The molecular weight excluding hydrogens is 214 g/mol. The van der Waals surface area contributed by atoms with E-state index in [0.717, 1.165) is 0 Å². The second-order valence-electron chi connectivity index (χ2n) is 3.14. The van der Waals surface area contributed by atoms with Crippen LogP contribution in [0.3, 0.4) is 0 Å². The van der Waals surface area contributed by atoms with E-state index in [1.807, 2.05) is 0 Å². The molecule has 2 rings (SSSR count). The lowest BCUT2D eigenvalue weighted by atomic mass is 10.1. The third kappa shape index (κ3) is 1.77. The molecule has 0 spiro atoms. The van der Waals surface area contributed by atoms with Crippen molar-refractivity contribution in [3.05, 3.63) is 35.9 Å². The minimum absolute atomic E-state index is 0.0370. The molecule has 0 bridgehead atoms. The Balaban J connectivity index is 2.59. The Bertz CT molecular complexity index is 525. The standard InChI is InChI=1S/C10H8F2N4/c11-6-3-1-5(2-4-6)8-7(12)9(13)16-10(14)15-8/h1-4H,(H4,13,14,15,16). The Morgan fingerprint density at radius 3 is 2.19 bits per heavy atom. The number of benzene rings is 1. The summed E-state index contributed by atoms with van der Waals surface area (Å²) < 4.78 is 26.3. The highest BCUT2D eigenvalue weighted by atomic mass is 19.1. The summed E-state index contributed by atoms with van der Waals surface area (Å²) in [4.78, 5) is 7.19. The maximum Gasteiger partial charge on any atom is 0.222 e. The molecule has 0 aliphatic carbocycles. The van der Waals surface area contributed by atoms with Gasteiger partial charge in [0.15, 0.2) is 11.6 Å². The molecule has 0 atom stereocenters. The van der Waals surface area contributed by atoms with E-state index in [9.17, 15) is 8.78 Å². The Hall–Kier alpha value is -2.24. The van der Waals surface area contributed by atoms with Crippen LogP contribution in [-0.2, 0) is 0 Å². The molecule has 4 N–H and O–H groups in total. The third-order valence-corrected chi connectivity index (χ3v) is 2.01. The van der Waals surface area contributed by atoms with Crippen LogP contribution in [-0.4, -0.2) is 9.97 Å². The van der Waals surface area contributed by atoms with Crippen LogP contribution in [0.15, 0.2) is 24.3 Å². The number of nitrogens with zero attached hydrogens (tertiary/aromatic N) is 2. The van der Waals surface area contributed by atoms with Crippen molar-refractivity contribution in [3.8, 4) is 11.3 Å². The Labute approximate surface area is 89.9 Å². The second kappa shape index (κ2) is 3.73. The monoisotopic (exact) mass is 222 g/mol. The van der Waals surface area contributed by atoms with Crippen LogP contribution < -0.4 is 11.5 Å². The van der Waals surface area contributed by atoms with E-state index in [2.05, 4.69) is 9.97 Å². The molecule has 2 aromatic rings. The number of rotatable bonds is 1. The fourth-order valence-electron chi connectivity index (χ4n) is 1.28. The number of hydrogen-bond donors (Lipinski definition) is 2. The first kappa shape index (κ1) is 10.3. The summed E-state index contributed by atoms with van der Waals surface area (Å²) in [6, 6.07) is 5.17. The molecule has 0 unspecified atom stereocenters. The summed E-state index contributed by atoms with van der Waals surface area (Å²) in [5, 5.41) is 0. The van der Waals surface area contributed by atoms with Crippen LogP contribution in [0.4, 0.5) is 20.5 Å². The van der Waals surface area contributed by atoms with Gasteiger partial charge in [-0.3, -0.25) is 0 Å². The molecule has 0 saturated heterocycles. The molecule has 0 amide bonds. The minimum Gasteiger partial charge on any atom is -0.381 e. The second-order valence-corrected chi connectivity index (χ2v) is 3.14. The van der Waals surface area contributed by atoms with E-state index >= 15 is 0 Å². The SMILES string of the molecule is Nc1nc(N)c(F)c(-c2ccc(F)cc2)n1. The largest absolute Gasteiger partial charge is 0.381 e. The van der Waals surface area contributed by atoms with Gasteiger partial charge >= 0.3 is 0 Å². The molecule has 0 radical (unpaired) electrons. The van der Waals surface area contributed by atoms with Crippen molar-refractivity contribution in [3.63, 3.8) is 0 Å². The third-order valence-electron chi connectivity index (χ3n) is 2.01. The van der Waals surface area contributed by atoms with Gasteiger partial charge in [-0.15, -0.1) is 0 Å². The van der Waals surface area contributed by atoms with Crippen molar-refractivity contribution in [2.45, 2.75) is 0 Å². The maximum absolute atomic E-state index is 13.6. The zero-order valence-corrected chi connectivity index (χ0v) is 8.11. The van der Waals surface area contributed by atoms with Gasteiger partial charge in [0.1, 0.15) is 11.5 Å². The van der Waals surface area contributed by atoms with E-state index in [1.165, 1.54) is 24.3 Å². The van der Waals surface area contributed by atoms with Crippen LogP contribution in [0.1, 0.15) is 0 Å². The molecule has 1 aromatic heterocycles. The lowest BCUT2D eigenvalue weighted by Crippen LogP contribution is -2.05. The predicted molar refractivity (Wildman–Crippen MR) is 56.2 cm³/mol. The summed E-state index contributed by atoms with van der Waals surface area (Å²) >= 11 is 0. The fraction of sp³-hybridized carbons (Fsp3) is 0. The topological polar surface area (TPSA) is 77.8 Å². The molecule has 0 aliphatic heterocycles. The van der Waals surface area contributed by atoms with E-state index in [4.69, 9.17) is 11.5 Å². The predicted octanol–water partition coefficient (Wildman–Crippen LogP) is 1.59. The van der Waals surface area contributed by atoms with Gasteiger partial charge in [0, 0.05) is 5.56 Å². The molecule has 6 heteroatoms. The molecule has 0 fully saturated rings. The number of hydrogen-bond acceptors (Lipinski definition) is 4. The minimum atomic E-state index is -0.763. The van der Waals surface area contributed by atoms with Crippen molar-refractivity contribution in [2.24, 2.45) is 0 Å². The summed E-state index contributed by atoms with van der Waals surface area (Å²) in [6.07, 6.45) is 0. The highest BCUT2D eigenvalue weighted by molar-refractivity contribution is 5.64. The van der Waals surface area contributed by atoms with Gasteiger partial charge in [-0.05, 0) is 24.3 Å². The van der Waals surface area contributed by atoms with Crippen LogP contribution in [0, 0.1) is 11.6 Å². The molecule has 0 saturated carbocycles. The first-order chi connectivity index (χ1) is 7.58. The molecule has 16 heavy (non-hydrogen) atoms. The first-order valence-corrected chi connectivity index (χ1v) is 4.42. The summed E-state index contributed by atoms with van der Waals surface area (Å²) in [5.74, 6) is -1.63. The van der Waals surface area contributed by atoms with Crippen molar-refractivity contribution in [1.29, 1.82) is 0 Å².